The molecule has 1 aromatic heterocycles. The maximum Gasteiger partial charge on any atom is 0.414 e. The summed E-state index contributed by atoms with van der Waals surface area (Å²) in [7, 11) is 1.21. The molecule has 1 amide bonds. The summed E-state index contributed by atoms with van der Waals surface area (Å²) in [6, 6.07) is 5.52. The first-order valence-electron chi connectivity index (χ1n) is 10.6. The van der Waals surface area contributed by atoms with Crippen molar-refractivity contribution in [2.45, 2.75) is 43.9 Å². The molecule has 0 bridgehead atoms. The van der Waals surface area contributed by atoms with Crippen LogP contribution in [0.15, 0.2) is 36.5 Å². The van der Waals surface area contributed by atoms with Gasteiger partial charge in [0.05, 0.1) is 17.6 Å². The number of fused-ring (bicyclic) bond motifs is 1. The maximum atomic E-state index is 13.9. The number of aromatic nitrogens is 1. The molecule has 0 spiro atoms. The van der Waals surface area contributed by atoms with Crippen molar-refractivity contribution in [2.24, 2.45) is 5.92 Å². The minimum Gasteiger partial charge on any atom is -0.380 e. The third-order valence-corrected chi connectivity index (χ3v) is 7.20. The van der Waals surface area contributed by atoms with Crippen molar-refractivity contribution >= 4 is 23.4 Å². The number of pyridine rings is 1. The number of hydrogen-bond donors (Lipinski definition) is 1. The van der Waals surface area contributed by atoms with Crippen LogP contribution in [0.1, 0.15) is 35.7 Å². The van der Waals surface area contributed by atoms with Crippen molar-refractivity contribution in [2.75, 3.05) is 23.9 Å². The van der Waals surface area contributed by atoms with Crippen LogP contribution in [0.25, 0.3) is 0 Å². The van der Waals surface area contributed by atoms with Crippen LogP contribution in [0.4, 0.5) is 23.2 Å². The van der Waals surface area contributed by atoms with E-state index in [0.717, 1.165) is 27.5 Å². The Morgan fingerprint density at radius 2 is 1.88 bits per heavy atom. The summed E-state index contributed by atoms with van der Waals surface area (Å²) in [5, 5.41) is 3.27. The maximum absolute atomic E-state index is 13.9. The number of thioether (sulfide) groups is 1. The fourth-order valence-electron chi connectivity index (χ4n) is 4.52. The highest BCUT2D eigenvalue weighted by atomic mass is 32.2. The average molecular weight is 468 g/mol. The van der Waals surface area contributed by atoms with Gasteiger partial charge in [-0.2, -0.15) is 24.9 Å². The second-order valence-corrected chi connectivity index (χ2v) is 9.64. The highest BCUT2D eigenvalue weighted by Gasteiger charge is 2.47. The largest absolute Gasteiger partial charge is 0.414 e. The van der Waals surface area contributed by atoms with Crippen molar-refractivity contribution in [3.8, 4) is 0 Å². The van der Waals surface area contributed by atoms with Crippen LogP contribution in [-0.2, 0) is 17.6 Å². The van der Waals surface area contributed by atoms with Gasteiger partial charge in [0, 0.05) is 19.0 Å². The molecule has 1 fully saturated rings. The molecule has 1 aliphatic heterocycles. The van der Waals surface area contributed by atoms with E-state index in [0.29, 0.717) is 31.4 Å². The van der Waals surface area contributed by atoms with Crippen LogP contribution in [0.2, 0.25) is 0 Å². The Kier molecular flexibility index (Phi) is 6.65. The van der Waals surface area contributed by atoms with Gasteiger partial charge in [0.25, 0.3) is 0 Å². The molecular formula is C23H25F4N3OS. The van der Waals surface area contributed by atoms with Gasteiger partial charge in [-0.15, -0.1) is 0 Å². The van der Waals surface area contributed by atoms with Gasteiger partial charge in [-0.1, -0.05) is 6.07 Å². The predicted octanol–water partition coefficient (Wildman–Crippen LogP) is 5.01. The normalized spacial score (nSPS) is 20.0. The Hall–Kier alpha value is -2.29. The number of amides is 1. The fourth-order valence-corrected chi connectivity index (χ4v) is 5.63. The van der Waals surface area contributed by atoms with E-state index in [-0.39, 0.29) is 23.5 Å². The number of alkyl halides is 3. The molecule has 4 rings (SSSR count). The minimum atomic E-state index is -4.63. The number of anilines is 1. The van der Waals surface area contributed by atoms with E-state index < -0.39 is 18.1 Å². The Morgan fingerprint density at radius 3 is 2.53 bits per heavy atom. The predicted molar refractivity (Wildman–Crippen MR) is 117 cm³/mol. The van der Waals surface area contributed by atoms with Gasteiger partial charge in [-0.25, -0.2) is 4.39 Å². The van der Waals surface area contributed by atoms with Crippen molar-refractivity contribution in [3.05, 3.63) is 59.2 Å². The molecule has 2 atom stereocenters. The van der Waals surface area contributed by atoms with Crippen LogP contribution in [-0.4, -0.2) is 46.6 Å². The number of halogens is 4. The SMILES string of the molecule is CN(C(=O)C1CCSCC1)[C@@H](c1ccc(NC2Cc3ccc(F)cc3C2)cn1)C(F)(F)F. The van der Waals surface area contributed by atoms with Crippen LogP contribution in [0.5, 0.6) is 0 Å². The summed E-state index contributed by atoms with van der Waals surface area (Å²) in [5.74, 6) is 0.446. The third-order valence-electron chi connectivity index (χ3n) is 6.15. The Morgan fingerprint density at radius 1 is 1.16 bits per heavy atom. The molecule has 0 saturated carbocycles. The lowest BCUT2D eigenvalue weighted by atomic mass is 9.99. The summed E-state index contributed by atoms with van der Waals surface area (Å²) in [5.41, 5.74) is 2.38. The van der Waals surface area contributed by atoms with Crippen LogP contribution in [0.3, 0.4) is 0 Å². The lowest BCUT2D eigenvalue weighted by Gasteiger charge is -2.33. The number of nitrogens with one attached hydrogen (secondary N) is 1. The zero-order valence-electron chi connectivity index (χ0n) is 17.7. The Labute approximate surface area is 188 Å². The Bertz CT molecular complexity index is 961. The van der Waals surface area contributed by atoms with E-state index in [9.17, 15) is 22.4 Å². The topological polar surface area (TPSA) is 45.2 Å². The quantitative estimate of drug-likeness (QED) is 0.629. The molecule has 2 aliphatic rings. The highest BCUT2D eigenvalue weighted by molar-refractivity contribution is 7.99. The molecule has 1 saturated heterocycles. The number of hydrogen-bond acceptors (Lipinski definition) is 4. The van der Waals surface area contributed by atoms with Crippen LogP contribution >= 0.6 is 11.8 Å². The lowest BCUT2D eigenvalue weighted by Crippen LogP contribution is -2.43. The standard InChI is InChI=1S/C23H25F4N3OS/c1-30(22(31)14-6-8-32-9-7-14)21(23(25,26)27)20-5-4-18(13-28-20)29-19-11-15-2-3-17(24)10-16(15)12-19/h2-5,10,13-14,19,21,29H,6-9,11-12H2,1H3/t19?,21-/m0/s1. The van der Waals surface area contributed by atoms with E-state index in [2.05, 4.69) is 10.3 Å². The molecule has 172 valence electrons. The molecule has 2 heterocycles. The first-order chi connectivity index (χ1) is 15.2. The van der Waals surface area contributed by atoms with E-state index in [4.69, 9.17) is 0 Å². The summed E-state index contributed by atoms with van der Waals surface area (Å²) in [6.45, 7) is 0. The number of benzene rings is 1. The van der Waals surface area contributed by atoms with Gasteiger partial charge in [0.2, 0.25) is 5.91 Å². The first kappa shape index (κ1) is 22.9. The van der Waals surface area contributed by atoms with Gasteiger partial charge < -0.3 is 10.2 Å². The second-order valence-electron chi connectivity index (χ2n) is 8.41. The molecule has 32 heavy (non-hydrogen) atoms. The highest BCUT2D eigenvalue weighted by Crippen LogP contribution is 2.38. The van der Waals surface area contributed by atoms with Crippen molar-refractivity contribution in [3.63, 3.8) is 0 Å². The van der Waals surface area contributed by atoms with Crippen molar-refractivity contribution < 1.29 is 22.4 Å². The molecule has 9 heteroatoms. The number of rotatable bonds is 5. The molecule has 4 nitrogen and oxygen atoms in total. The van der Waals surface area contributed by atoms with E-state index in [1.807, 2.05) is 0 Å². The molecule has 2 aromatic rings. The molecule has 1 unspecified atom stereocenters. The summed E-state index contributed by atoms with van der Waals surface area (Å²) in [6.07, 6.45) is -0.721. The zero-order valence-corrected chi connectivity index (χ0v) is 18.5. The van der Waals surface area contributed by atoms with Gasteiger partial charge in [-0.05, 0) is 72.6 Å². The fraction of sp³-hybridized carbons (Fsp3) is 0.478. The van der Waals surface area contributed by atoms with Crippen LogP contribution < -0.4 is 5.32 Å². The number of carbonyl (C=O) groups excluding carboxylic acids is 1. The van der Waals surface area contributed by atoms with Gasteiger partial charge >= 0.3 is 6.18 Å². The van der Waals surface area contributed by atoms with Gasteiger partial charge in [0.1, 0.15) is 5.82 Å². The van der Waals surface area contributed by atoms with Crippen molar-refractivity contribution in [1.82, 2.24) is 9.88 Å². The molecular weight excluding hydrogens is 442 g/mol. The van der Waals surface area contributed by atoms with Gasteiger partial charge in [-0.3, -0.25) is 9.78 Å². The van der Waals surface area contributed by atoms with E-state index in [1.54, 1.807) is 23.9 Å². The zero-order chi connectivity index (χ0) is 22.9. The van der Waals surface area contributed by atoms with Crippen LogP contribution in [0, 0.1) is 11.7 Å². The van der Waals surface area contributed by atoms with E-state index >= 15 is 0 Å². The molecule has 0 radical (unpaired) electrons. The lowest BCUT2D eigenvalue weighted by molar-refractivity contribution is -0.191. The second kappa shape index (κ2) is 9.29. The van der Waals surface area contributed by atoms with Gasteiger partial charge in [0.15, 0.2) is 6.04 Å². The van der Waals surface area contributed by atoms with E-state index in [1.165, 1.54) is 31.4 Å². The molecule has 1 aliphatic carbocycles. The monoisotopic (exact) mass is 467 g/mol. The molecule has 1 aromatic carbocycles. The number of nitrogens with zero attached hydrogens (tertiary/aromatic N) is 2. The minimum absolute atomic E-state index is 0.0197. The summed E-state index contributed by atoms with van der Waals surface area (Å²) < 4.78 is 55.2. The first-order valence-corrected chi connectivity index (χ1v) is 11.8. The summed E-state index contributed by atoms with van der Waals surface area (Å²) >= 11 is 1.72. The number of carbonyl (C=O) groups is 1. The smallest absolute Gasteiger partial charge is 0.380 e. The van der Waals surface area contributed by atoms with Crippen molar-refractivity contribution in [1.29, 1.82) is 0 Å². The molecule has 1 N–H and O–H groups in total. The summed E-state index contributed by atoms with van der Waals surface area (Å²) in [4.78, 5) is 17.6. The third kappa shape index (κ3) is 5.03. The Balaban J connectivity index is 1.46. The average Bonchev–Trinajstić information content (AvgIpc) is 3.15.